The number of sulfonamides is 1. The minimum Gasteiger partial charge on any atom is -0.337 e. The minimum atomic E-state index is -3.95. The average molecular weight is 448 g/mol. The second-order valence-electron chi connectivity index (χ2n) is 7.21. The summed E-state index contributed by atoms with van der Waals surface area (Å²) in [5.74, 6) is 0.123. The molecule has 0 radical (unpaired) electrons. The zero-order chi connectivity index (χ0) is 22.7. The average Bonchev–Trinajstić information content (AvgIpc) is 2.75. The van der Waals surface area contributed by atoms with Crippen molar-refractivity contribution in [3.63, 3.8) is 0 Å². The van der Waals surface area contributed by atoms with Crippen LogP contribution in [0.4, 0.5) is 23.0 Å². The Hall–Kier alpha value is -3.98. The van der Waals surface area contributed by atoms with Crippen LogP contribution in [0.5, 0.6) is 0 Å². The summed E-state index contributed by atoms with van der Waals surface area (Å²) < 4.78 is 28.6. The standard InChI is InChI=1S/C23H21N5O3S/c1-15-7-9-18(10-8-15)25-22-23(27-21-6-4-3-5-20(21)26-22)28-32(30,31)19-13-11-17(12-14-19)24-16(2)29/h3-14H,1-2H3,(H,24,29)(H,25,26)(H,27,28). The Balaban J connectivity index is 1.70. The fourth-order valence-corrected chi connectivity index (χ4v) is 4.05. The van der Waals surface area contributed by atoms with Crippen LogP contribution in [0.3, 0.4) is 0 Å². The Bertz CT molecular complexity index is 1390. The van der Waals surface area contributed by atoms with Crippen molar-refractivity contribution in [3.8, 4) is 0 Å². The van der Waals surface area contributed by atoms with Gasteiger partial charge < -0.3 is 10.6 Å². The normalized spacial score (nSPS) is 11.2. The van der Waals surface area contributed by atoms with Crippen LogP contribution in [0.15, 0.2) is 77.7 Å². The van der Waals surface area contributed by atoms with Crippen LogP contribution in [0, 0.1) is 6.92 Å². The fourth-order valence-electron chi connectivity index (χ4n) is 3.04. The van der Waals surface area contributed by atoms with Gasteiger partial charge in [0, 0.05) is 18.3 Å². The Morgan fingerprint density at radius 2 is 1.34 bits per heavy atom. The lowest BCUT2D eigenvalue weighted by atomic mass is 10.2. The third kappa shape index (κ3) is 4.84. The van der Waals surface area contributed by atoms with Gasteiger partial charge in [-0.25, -0.2) is 18.4 Å². The summed E-state index contributed by atoms with van der Waals surface area (Å²) in [6.45, 7) is 3.36. The van der Waals surface area contributed by atoms with Gasteiger partial charge in [0.15, 0.2) is 11.6 Å². The van der Waals surface area contributed by atoms with Crippen LogP contribution < -0.4 is 15.4 Å². The molecule has 0 saturated heterocycles. The summed E-state index contributed by atoms with van der Waals surface area (Å²) in [6.07, 6.45) is 0. The first-order valence-corrected chi connectivity index (χ1v) is 11.3. The molecule has 1 aromatic heterocycles. The number of fused-ring (bicyclic) bond motifs is 1. The van der Waals surface area contributed by atoms with Crippen LogP contribution in [0.1, 0.15) is 12.5 Å². The van der Waals surface area contributed by atoms with E-state index in [4.69, 9.17) is 0 Å². The highest BCUT2D eigenvalue weighted by atomic mass is 32.2. The van der Waals surface area contributed by atoms with E-state index in [1.54, 1.807) is 6.07 Å². The lowest BCUT2D eigenvalue weighted by Crippen LogP contribution is -2.16. The van der Waals surface area contributed by atoms with Crippen LogP contribution in [-0.4, -0.2) is 24.3 Å². The van der Waals surface area contributed by atoms with Crippen LogP contribution in [0.2, 0.25) is 0 Å². The van der Waals surface area contributed by atoms with Gasteiger partial charge in [0.05, 0.1) is 15.9 Å². The lowest BCUT2D eigenvalue weighted by molar-refractivity contribution is -0.114. The number of amides is 1. The van der Waals surface area contributed by atoms with Gasteiger partial charge in [-0.1, -0.05) is 29.8 Å². The van der Waals surface area contributed by atoms with E-state index in [0.717, 1.165) is 11.3 Å². The van der Waals surface area contributed by atoms with Gasteiger partial charge >= 0.3 is 0 Å². The van der Waals surface area contributed by atoms with Gasteiger partial charge in [0.1, 0.15) is 0 Å². The SMILES string of the molecule is CC(=O)Nc1ccc(S(=O)(=O)Nc2nc3ccccc3nc2Nc2ccc(C)cc2)cc1. The molecule has 0 bridgehead atoms. The van der Waals surface area contributed by atoms with E-state index in [9.17, 15) is 13.2 Å². The Labute approximate surface area is 185 Å². The number of nitrogens with one attached hydrogen (secondary N) is 3. The Morgan fingerprint density at radius 1 is 0.781 bits per heavy atom. The van der Waals surface area contributed by atoms with Crippen molar-refractivity contribution in [1.29, 1.82) is 0 Å². The van der Waals surface area contributed by atoms with E-state index in [1.807, 2.05) is 49.4 Å². The molecule has 32 heavy (non-hydrogen) atoms. The highest BCUT2D eigenvalue weighted by Gasteiger charge is 2.19. The van der Waals surface area contributed by atoms with Crippen LogP contribution in [-0.2, 0) is 14.8 Å². The molecule has 0 spiro atoms. The molecule has 0 fully saturated rings. The monoisotopic (exact) mass is 447 g/mol. The maximum Gasteiger partial charge on any atom is 0.263 e. The predicted octanol–water partition coefficient (Wildman–Crippen LogP) is 4.44. The van der Waals surface area contributed by atoms with E-state index in [0.29, 0.717) is 16.7 Å². The second kappa shape index (κ2) is 8.64. The summed E-state index contributed by atoms with van der Waals surface area (Å²) in [4.78, 5) is 20.3. The zero-order valence-electron chi connectivity index (χ0n) is 17.5. The van der Waals surface area contributed by atoms with Gasteiger partial charge in [-0.15, -0.1) is 0 Å². The number of hydrogen-bond donors (Lipinski definition) is 3. The quantitative estimate of drug-likeness (QED) is 0.403. The maximum atomic E-state index is 13.0. The molecule has 1 amide bonds. The predicted molar refractivity (Wildman–Crippen MR) is 126 cm³/mol. The molecular formula is C23H21N5O3S. The molecule has 0 unspecified atom stereocenters. The smallest absolute Gasteiger partial charge is 0.263 e. The van der Waals surface area contributed by atoms with E-state index in [1.165, 1.54) is 31.2 Å². The first kappa shape index (κ1) is 21.3. The van der Waals surface area contributed by atoms with Crippen molar-refractivity contribution >= 4 is 50.0 Å². The van der Waals surface area contributed by atoms with Crippen molar-refractivity contribution in [2.45, 2.75) is 18.7 Å². The van der Waals surface area contributed by atoms with Crippen molar-refractivity contribution in [2.75, 3.05) is 15.4 Å². The van der Waals surface area contributed by atoms with E-state index in [-0.39, 0.29) is 22.4 Å². The number of rotatable bonds is 6. The number of anilines is 4. The van der Waals surface area contributed by atoms with Gasteiger partial charge in [-0.3, -0.25) is 9.52 Å². The Kier molecular flexibility index (Phi) is 5.74. The summed E-state index contributed by atoms with van der Waals surface area (Å²) in [6, 6.07) is 20.7. The topological polar surface area (TPSA) is 113 Å². The van der Waals surface area contributed by atoms with Gasteiger partial charge in [0.2, 0.25) is 5.91 Å². The molecule has 4 aromatic rings. The van der Waals surface area contributed by atoms with Gasteiger partial charge in [-0.2, -0.15) is 0 Å². The second-order valence-corrected chi connectivity index (χ2v) is 8.89. The lowest BCUT2D eigenvalue weighted by Gasteiger charge is -2.14. The van der Waals surface area contributed by atoms with E-state index in [2.05, 4.69) is 25.3 Å². The molecular weight excluding hydrogens is 426 g/mol. The highest BCUT2D eigenvalue weighted by Crippen LogP contribution is 2.27. The van der Waals surface area contributed by atoms with E-state index >= 15 is 0 Å². The third-order valence-corrected chi connectivity index (χ3v) is 5.96. The van der Waals surface area contributed by atoms with Crippen molar-refractivity contribution in [3.05, 3.63) is 78.4 Å². The number of nitrogens with zero attached hydrogens (tertiary/aromatic N) is 2. The third-order valence-electron chi connectivity index (χ3n) is 4.60. The van der Waals surface area contributed by atoms with Gasteiger partial charge in [-0.05, 0) is 55.5 Å². The number of aromatic nitrogens is 2. The summed E-state index contributed by atoms with van der Waals surface area (Å²) in [5.41, 5.74) is 3.54. The summed E-state index contributed by atoms with van der Waals surface area (Å²) >= 11 is 0. The van der Waals surface area contributed by atoms with Gasteiger partial charge in [0.25, 0.3) is 10.0 Å². The zero-order valence-corrected chi connectivity index (χ0v) is 18.3. The molecule has 8 nitrogen and oxygen atoms in total. The molecule has 0 atom stereocenters. The van der Waals surface area contributed by atoms with Crippen molar-refractivity contribution < 1.29 is 13.2 Å². The minimum absolute atomic E-state index is 0.0304. The molecule has 162 valence electrons. The number of aryl methyl sites for hydroxylation is 1. The number of para-hydroxylation sites is 2. The van der Waals surface area contributed by atoms with Crippen LogP contribution >= 0.6 is 0 Å². The van der Waals surface area contributed by atoms with Crippen LogP contribution in [0.25, 0.3) is 11.0 Å². The maximum absolute atomic E-state index is 13.0. The molecule has 3 N–H and O–H groups in total. The fraction of sp³-hybridized carbons (Fsp3) is 0.0870. The number of carbonyl (C=O) groups excluding carboxylic acids is 1. The van der Waals surface area contributed by atoms with Crippen molar-refractivity contribution in [1.82, 2.24) is 9.97 Å². The number of hydrogen-bond acceptors (Lipinski definition) is 6. The summed E-state index contributed by atoms with van der Waals surface area (Å²) in [7, 11) is -3.95. The van der Waals surface area contributed by atoms with Crippen molar-refractivity contribution in [2.24, 2.45) is 0 Å². The highest BCUT2D eigenvalue weighted by molar-refractivity contribution is 7.92. The molecule has 4 rings (SSSR count). The largest absolute Gasteiger partial charge is 0.337 e. The number of benzene rings is 3. The summed E-state index contributed by atoms with van der Waals surface area (Å²) in [5, 5.41) is 5.76. The molecule has 0 aliphatic rings. The molecule has 9 heteroatoms. The Morgan fingerprint density at radius 3 is 1.94 bits per heavy atom. The molecule has 0 aliphatic heterocycles. The molecule has 0 saturated carbocycles. The molecule has 1 heterocycles. The molecule has 0 aliphatic carbocycles. The van der Waals surface area contributed by atoms with E-state index < -0.39 is 10.0 Å². The first-order chi connectivity index (χ1) is 15.3. The number of carbonyl (C=O) groups is 1. The first-order valence-electron chi connectivity index (χ1n) is 9.81. The molecule has 3 aromatic carbocycles.